The van der Waals surface area contributed by atoms with Gasteiger partial charge in [-0.15, -0.1) is 11.3 Å². The standard InChI is InChI=1S/C21H25NO4S/c1-21(2,3)14-6-4-13(5-7-14)19(16-9-11-18(23)22-16)26-12-15-8-10-17(27-15)20(24)25/h4-8,10,16,19H,9,11-12H2,1-3H3,(H,22,23)(H,24,25). The maximum absolute atomic E-state index is 11.7. The van der Waals surface area contributed by atoms with Gasteiger partial charge in [0, 0.05) is 11.3 Å². The number of hydrogen-bond acceptors (Lipinski definition) is 4. The van der Waals surface area contributed by atoms with Crippen LogP contribution in [0.1, 0.15) is 65.4 Å². The van der Waals surface area contributed by atoms with Crippen LogP contribution in [0.25, 0.3) is 0 Å². The fourth-order valence-electron chi connectivity index (χ4n) is 3.22. The zero-order chi connectivity index (χ0) is 19.6. The summed E-state index contributed by atoms with van der Waals surface area (Å²) in [6, 6.07) is 11.6. The van der Waals surface area contributed by atoms with Crippen molar-refractivity contribution >= 4 is 23.2 Å². The molecule has 1 amide bonds. The van der Waals surface area contributed by atoms with E-state index in [1.165, 1.54) is 16.9 Å². The number of nitrogens with one attached hydrogen (secondary N) is 1. The number of hydrogen-bond donors (Lipinski definition) is 2. The van der Waals surface area contributed by atoms with E-state index >= 15 is 0 Å². The lowest BCUT2D eigenvalue weighted by Crippen LogP contribution is -2.32. The molecule has 2 atom stereocenters. The fraction of sp³-hybridized carbons (Fsp3) is 0.429. The van der Waals surface area contributed by atoms with Crippen molar-refractivity contribution in [1.82, 2.24) is 5.32 Å². The lowest BCUT2D eigenvalue weighted by Gasteiger charge is -2.26. The maximum Gasteiger partial charge on any atom is 0.345 e. The van der Waals surface area contributed by atoms with E-state index in [9.17, 15) is 9.59 Å². The third kappa shape index (κ3) is 4.76. The van der Waals surface area contributed by atoms with Gasteiger partial charge in [-0.3, -0.25) is 4.79 Å². The second-order valence-electron chi connectivity index (χ2n) is 7.89. The first-order valence-electron chi connectivity index (χ1n) is 9.07. The lowest BCUT2D eigenvalue weighted by atomic mass is 9.86. The molecule has 2 unspecified atom stereocenters. The average Bonchev–Trinajstić information content (AvgIpc) is 3.24. The predicted molar refractivity (Wildman–Crippen MR) is 105 cm³/mol. The van der Waals surface area contributed by atoms with Crippen LogP contribution in [0, 0.1) is 0 Å². The number of ether oxygens (including phenoxy) is 1. The third-order valence-electron chi connectivity index (χ3n) is 4.78. The molecule has 6 heteroatoms. The zero-order valence-corrected chi connectivity index (χ0v) is 16.6. The van der Waals surface area contributed by atoms with Crippen LogP contribution in [0.4, 0.5) is 0 Å². The molecule has 0 spiro atoms. The highest BCUT2D eigenvalue weighted by molar-refractivity contribution is 7.13. The molecular formula is C21H25NO4S. The van der Waals surface area contributed by atoms with E-state index in [0.717, 1.165) is 16.9 Å². The molecule has 2 heterocycles. The molecule has 1 fully saturated rings. The Morgan fingerprint density at radius 3 is 2.48 bits per heavy atom. The highest BCUT2D eigenvalue weighted by Gasteiger charge is 2.31. The molecular weight excluding hydrogens is 362 g/mol. The van der Waals surface area contributed by atoms with Gasteiger partial charge in [0.2, 0.25) is 5.91 Å². The Balaban J connectivity index is 1.78. The number of carbonyl (C=O) groups is 2. The molecule has 0 saturated carbocycles. The van der Waals surface area contributed by atoms with Crippen molar-refractivity contribution in [3.8, 4) is 0 Å². The maximum atomic E-state index is 11.7. The van der Waals surface area contributed by atoms with Crippen LogP contribution in [0.3, 0.4) is 0 Å². The molecule has 144 valence electrons. The van der Waals surface area contributed by atoms with Crippen molar-refractivity contribution in [2.75, 3.05) is 0 Å². The van der Waals surface area contributed by atoms with Crippen molar-refractivity contribution in [3.63, 3.8) is 0 Å². The van der Waals surface area contributed by atoms with Gasteiger partial charge >= 0.3 is 5.97 Å². The minimum absolute atomic E-state index is 0.0456. The van der Waals surface area contributed by atoms with Crippen LogP contribution in [0.5, 0.6) is 0 Å². The molecule has 1 aromatic heterocycles. The number of carboxylic acids is 1. The summed E-state index contributed by atoms with van der Waals surface area (Å²) in [5.74, 6) is -0.882. The van der Waals surface area contributed by atoms with Crippen LogP contribution in [0.15, 0.2) is 36.4 Å². The summed E-state index contributed by atoms with van der Waals surface area (Å²) in [4.78, 5) is 23.9. The van der Waals surface area contributed by atoms with Gasteiger partial charge in [0.15, 0.2) is 0 Å². The van der Waals surface area contributed by atoms with E-state index in [0.29, 0.717) is 17.9 Å². The number of thiophene rings is 1. The summed E-state index contributed by atoms with van der Waals surface area (Å²) in [5.41, 5.74) is 2.33. The molecule has 2 N–H and O–H groups in total. The lowest BCUT2D eigenvalue weighted by molar-refractivity contribution is -0.119. The zero-order valence-electron chi connectivity index (χ0n) is 15.8. The molecule has 0 aliphatic carbocycles. The van der Waals surface area contributed by atoms with Gasteiger partial charge in [-0.05, 0) is 35.1 Å². The van der Waals surface area contributed by atoms with Crippen molar-refractivity contribution in [2.45, 2.75) is 57.8 Å². The quantitative estimate of drug-likeness (QED) is 0.776. The van der Waals surface area contributed by atoms with Crippen LogP contribution >= 0.6 is 11.3 Å². The average molecular weight is 388 g/mol. The monoisotopic (exact) mass is 387 g/mol. The van der Waals surface area contributed by atoms with E-state index < -0.39 is 5.97 Å². The number of carbonyl (C=O) groups excluding carboxylic acids is 1. The number of benzene rings is 1. The summed E-state index contributed by atoms with van der Waals surface area (Å²) in [6.07, 6.45) is 0.975. The van der Waals surface area contributed by atoms with Crippen molar-refractivity contribution < 1.29 is 19.4 Å². The highest BCUT2D eigenvalue weighted by Crippen LogP contribution is 2.31. The summed E-state index contributed by atoms with van der Waals surface area (Å²) in [5, 5.41) is 12.1. The third-order valence-corrected chi connectivity index (χ3v) is 5.82. The van der Waals surface area contributed by atoms with Crippen LogP contribution < -0.4 is 5.32 Å². The molecule has 0 bridgehead atoms. The molecule has 3 rings (SSSR count). The Labute approximate surface area is 163 Å². The van der Waals surface area contributed by atoms with Crippen molar-refractivity contribution in [2.24, 2.45) is 0 Å². The molecule has 5 nitrogen and oxygen atoms in total. The second-order valence-corrected chi connectivity index (χ2v) is 9.06. The first-order chi connectivity index (χ1) is 12.7. The van der Waals surface area contributed by atoms with E-state index in [4.69, 9.17) is 9.84 Å². The van der Waals surface area contributed by atoms with Gasteiger partial charge in [-0.2, -0.15) is 0 Å². The van der Waals surface area contributed by atoms with Gasteiger partial charge in [0.05, 0.1) is 12.6 Å². The number of rotatable bonds is 6. The first kappa shape index (κ1) is 19.6. The van der Waals surface area contributed by atoms with Crippen LogP contribution in [-0.2, 0) is 21.6 Å². The smallest absolute Gasteiger partial charge is 0.345 e. The summed E-state index contributed by atoms with van der Waals surface area (Å²) in [6.45, 7) is 6.83. The van der Waals surface area contributed by atoms with Crippen molar-refractivity contribution in [3.05, 3.63) is 57.3 Å². The molecule has 1 aliphatic rings. The summed E-state index contributed by atoms with van der Waals surface area (Å²) >= 11 is 1.22. The molecule has 1 saturated heterocycles. The van der Waals surface area contributed by atoms with Gasteiger partial charge in [0.1, 0.15) is 11.0 Å². The number of aromatic carboxylic acids is 1. The SMILES string of the molecule is CC(C)(C)c1ccc(C(OCc2ccc(C(=O)O)s2)C2CCC(=O)N2)cc1. The van der Waals surface area contributed by atoms with E-state index in [1.54, 1.807) is 12.1 Å². The fourth-order valence-corrected chi connectivity index (χ4v) is 3.99. The highest BCUT2D eigenvalue weighted by atomic mass is 32.1. The predicted octanol–water partition coefficient (Wildman–Crippen LogP) is 4.28. The topological polar surface area (TPSA) is 75.6 Å². The largest absolute Gasteiger partial charge is 0.477 e. The van der Waals surface area contributed by atoms with Crippen LogP contribution in [-0.4, -0.2) is 23.0 Å². The molecule has 1 aliphatic heterocycles. The van der Waals surface area contributed by atoms with E-state index in [-0.39, 0.29) is 23.5 Å². The Hall–Kier alpha value is -2.18. The Morgan fingerprint density at radius 2 is 1.96 bits per heavy atom. The van der Waals surface area contributed by atoms with E-state index in [2.05, 4.69) is 50.4 Å². The molecule has 0 radical (unpaired) electrons. The second kappa shape index (κ2) is 7.82. The van der Waals surface area contributed by atoms with Crippen LogP contribution in [0.2, 0.25) is 0 Å². The first-order valence-corrected chi connectivity index (χ1v) is 9.89. The Bertz CT molecular complexity index is 819. The number of carboxylic acid groups (broad SMARTS) is 1. The van der Waals surface area contributed by atoms with Gasteiger partial charge in [-0.1, -0.05) is 45.0 Å². The normalized spacial score (nSPS) is 18.3. The van der Waals surface area contributed by atoms with Gasteiger partial charge < -0.3 is 15.2 Å². The summed E-state index contributed by atoms with van der Waals surface area (Å²) in [7, 11) is 0. The summed E-state index contributed by atoms with van der Waals surface area (Å²) < 4.78 is 6.17. The molecule has 27 heavy (non-hydrogen) atoms. The van der Waals surface area contributed by atoms with E-state index in [1.807, 2.05) is 0 Å². The molecule has 1 aromatic carbocycles. The molecule has 2 aromatic rings. The Morgan fingerprint density at radius 1 is 1.26 bits per heavy atom. The minimum Gasteiger partial charge on any atom is -0.477 e. The van der Waals surface area contributed by atoms with Gasteiger partial charge in [-0.25, -0.2) is 4.79 Å². The van der Waals surface area contributed by atoms with Gasteiger partial charge in [0.25, 0.3) is 0 Å². The number of amides is 1. The minimum atomic E-state index is -0.927. The Kier molecular flexibility index (Phi) is 5.67. The van der Waals surface area contributed by atoms with Crippen molar-refractivity contribution in [1.29, 1.82) is 0 Å².